The first-order chi connectivity index (χ1) is 7.59. The number of piperazine rings is 1. The first kappa shape index (κ1) is 10.8. The van der Waals surface area contributed by atoms with Crippen LogP contribution in [0.15, 0.2) is 18.2 Å². The summed E-state index contributed by atoms with van der Waals surface area (Å²) in [7, 11) is 0. The molecule has 1 aliphatic rings. The molecule has 1 N–H and O–H groups in total. The summed E-state index contributed by atoms with van der Waals surface area (Å²) in [6.07, 6.45) is 0. The lowest BCUT2D eigenvalue weighted by atomic mass is 10.1. The molecule has 0 spiro atoms. The number of carbonyl (C=O) groups excluding carboxylic acids is 2. The number of benzene rings is 1. The molecule has 4 nitrogen and oxygen atoms in total. The number of nitrogens with one attached hydrogen (secondary N) is 1. The van der Waals surface area contributed by atoms with Gasteiger partial charge in [0, 0.05) is 0 Å². The number of amides is 2. The number of aryl methyl sites for hydroxylation is 2. The zero-order valence-corrected chi connectivity index (χ0v) is 9.41. The van der Waals surface area contributed by atoms with Crippen LogP contribution in [0.4, 0.5) is 5.69 Å². The average molecular weight is 218 g/mol. The Balaban J connectivity index is 2.42. The van der Waals surface area contributed by atoms with Crippen molar-refractivity contribution in [3.05, 3.63) is 29.3 Å². The molecule has 1 fully saturated rings. The maximum absolute atomic E-state index is 11.7. The van der Waals surface area contributed by atoms with Crippen molar-refractivity contribution >= 4 is 17.5 Å². The zero-order valence-electron chi connectivity index (χ0n) is 9.41. The highest BCUT2D eigenvalue weighted by molar-refractivity contribution is 6.18. The summed E-state index contributed by atoms with van der Waals surface area (Å²) in [4.78, 5) is 24.6. The molecule has 0 unspecified atom stereocenters. The van der Waals surface area contributed by atoms with Crippen molar-refractivity contribution in [2.45, 2.75) is 13.8 Å². The molecular formula is C12H14N2O2. The minimum atomic E-state index is -0.191. The fraction of sp³-hybridized carbons (Fsp3) is 0.333. The molecule has 0 bridgehead atoms. The number of nitrogens with zero attached hydrogens (tertiary/aromatic N) is 1. The van der Waals surface area contributed by atoms with Gasteiger partial charge in [0.05, 0.1) is 18.8 Å². The van der Waals surface area contributed by atoms with Crippen molar-refractivity contribution < 1.29 is 9.59 Å². The fourth-order valence-corrected chi connectivity index (χ4v) is 1.90. The second-order valence-corrected chi connectivity index (χ2v) is 4.02. The highest BCUT2D eigenvalue weighted by Gasteiger charge is 2.27. The molecule has 0 atom stereocenters. The van der Waals surface area contributed by atoms with Crippen molar-refractivity contribution in [1.82, 2.24) is 5.32 Å². The molecular weight excluding hydrogens is 204 g/mol. The number of rotatable bonds is 1. The van der Waals surface area contributed by atoms with Crippen LogP contribution in [0.5, 0.6) is 0 Å². The second-order valence-electron chi connectivity index (χ2n) is 4.02. The predicted octanol–water partition coefficient (Wildman–Crippen LogP) is 0.766. The van der Waals surface area contributed by atoms with Gasteiger partial charge < -0.3 is 0 Å². The van der Waals surface area contributed by atoms with E-state index in [1.54, 1.807) is 0 Å². The molecule has 16 heavy (non-hydrogen) atoms. The molecule has 1 aromatic carbocycles. The van der Waals surface area contributed by atoms with Crippen LogP contribution >= 0.6 is 0 Å². The zero-order chi connectivity index (χ0) is 11.7. The first-order valence-electron chi connectivity index (χ1n) is 5.23. The van der Waals surface area contributed by atoms with E-state index >= 15 is 0 Å². The molecule has 1 heterocycles. The Morgan fingerprint density at radius 3 is 2.31 bits per heavy atom. The van der Waals surface area contributed by atoms with Gasteiger partial charge in [0.15, 0.2) is 0 Å². The van der Waals surface area contributed by atoms with E-state index in [1.165, 1.54) is 4.90 Å². The summed E-state index contributed by atoms with van der Waals surface area (Å²) in [5.41, 5.74) is 2.77. The topological polar surface area (TPSA) is 49.4 Å². The summed E-state index contributed by atoms with van der Waals surface area (Å²) < 4.78 is 0. The summed E-state index contributed by atoms with van der Waals surface area (Å²) in [6.45, 7) is 4.33. The number of hydrogen-bond acceptors (Lipinski definition) is 3. The number of anilines is 1. The Labute approximate surface area is 94.2 Å². The number of hydrogen-bond donors (Lipinski definition) is 1. The van der Waals surface area contributed by atoms with E-state index in [0.29, 0.717) is 5.69 Å². The van der Waals surface area contributed by atoms with Gasteiger partial charge in [-0.2, -0.15) is 0 Å². The number of imide groups is 1. The molecule has 84 valence electrons. The van der Waals surface area contributed by atoms with E-state index in [4.69, 9.17) is 0 Å². The monoisotopic (exact) mass is 218 g/mol. The van der Waals surface area contributed by atoms with Gasteiger partial charge in [-0.1, -0.05) is 17.7 Å². The van der Waals surface area contributed by atoms with Gasteiger partial charge in [0.25, 0.3) is 0 Å². The number of carbonyl (C=O) groups is 2. The van der Waals surface area contributed by atoms with E-state index in [-0.39, 0.29) is 24.9 Å². The van der Waals surface area contributed by atoms with Gasteiger partial charge in [-0.05, 0) is 25.5 Å². The maximum atomic E-state index is 11.7. The molecule has 0 aromatic heterocycles. The van der Waals surface area contributed by atoms with Gasteiger partial charge in [-0.3, -0.25) is 14.9 Å². The highest BCUT2D eigenvalue weighted by Crippen LogP contribution is 2.22. The second kappa shape index (κ2) is 4.06. The molecule has 0 saturated carbocycles. The quantitative estimate of drug-likeness (QED) is 0.708. The van der Waals surface area contributed by atoms with Gasteiger partial charge in [-0.15, -0.1) is 0 Å². The Hall–Kier alpha value is -1.68. The van der Waals surface area contributed by atoms with E-state index in [9.17, 15) is 9.59 Å². The molecule has 1 aliphatic heterocycles. The third-order valence-electron chi connectivity index (χ3n) is 2.64. The highest BCUT2D eigenvalue weighted by atomic mass is 16.2. The van der Waals surface area contributed by atoms with Gasteiger partial charge >= 0.3 is 0 Å². The van der Waals surface area contributed by atoms with Crippen LogP contribution < -0.4 is 10.2 Å². The van der Waals surface area contributed by atoms with Crippen LogP contribution in [0.25, 0.3) is 0 Å². The largest absolute Gasteiger partial charge is 0.300 e. The minimum absolute atomic E-state index is 0.191. The van der Waals surface area contributed by atoms with E-state index in [2.05, 4.69) is 5.32 Å². The van der Waals surface area contributed by atoms with Crippen molar-refractivity contribution in [3.8, 4) is 0 Å². The van der Waals surface area contributed by atoms with Crippen LogP contribution in [0.3, 0.4) is 0 Å². The van der Waals surface area contributed by atoms with E-state index in [1.807, 2.05) is 32.0 Å². The van der Waals surface area contributed by atoms with Crippen LogP contribution in [0.2, 0.25) is 0 Å². The van der Waals surface area contributed by atoms with Crippen molar-refractivity contribution in [3.63, 3.8) is 0 Å². The summed E-state index contributed by atoms with van der Waals surface area (Å²) in [5.74, 6) is -0.383. The summed E-state index contributed by atoms with van der Waals surface area (Å²) in [5, 5.41) is 2.77. The van der Waals surface area contributed by atoms with Crippen LogP contribution in [0.1, 0.15) is 11.1 Å². The van der Waals surface area contributed by atoms with Gasteiger partial charge in [0.2, 0.25) is 11.8 Å². The third kappa shape index (κ3) is 1.84. The summed E-state index contributed by atoms with van der Waals surface area (Å²) >= 11 is 0. The Morgan fingerprint density at radius 2 is 1.75 bits per heavy atom. The lowest BCUT2D eigenvalue weighted by molar-refractivity contribution is -0.127. The Morgan fingerprint density at radius 1 is 1.12 bits per heavy atom. The average Bonchev–Trinajstić information content (AvgIpc) is 2.20. The minimum Gasteiger partial charge on any atom is -0.300 e. The fourth-order valence-electron chi connectivity index (χ4n) is 1.90. The predicted molar refractivity (Wildman–Crippen MR) is 61.3 cm³/mol. The normalized spacial score (nSPS) is 16.8. The smallest absolute Gasteiger partial charge is 0.247 e. The Kier molecular flexibility index (Phi) is 2.75. The van der Waals surface area contributed by atoms with Crippen LogP contribution in [-0.4, -0.2) is 24.9 Å². The van der Waals surface area contributed by atoms with Gasteiger partial charge in [0.1, 0.15) is 0 Å². The third-order valence-corrected chi connectivity index (χ3v) is 2.64. The van der Waals surface area contributed by atoms with Gasteiger partial charge in [-0.25, -0.2) is 4.90 Å². The molecule has 0 aliphatic carbocycles. The molecule has 4 heteroatoms. The lowest BCUT2D eigenvalue weighted by Gasteiger charge is -2.26. The maximum Gasteiger partial charge on any atom is 0.247 e. The van der Waals surface area contributed by atoms with Crippen molar-refractivity contribution in [1.29, 1.82) is 0 Å². The Bertz CT molecular complexity index is 438. The molecule has 0 radical (unpaired) electrons. The molecule has 1 aromatic rings. The van der Waals surface area contributed by atoms with Crippen molar-refractivity contribution in [2.75, 3.05) is 18.0 Å². The molecule has 2 rings (SSSR count). The van der Waals surface area contributed by atoms with Crippen molar-refractivity contribution in [2.24, 2.45) is 0 Å². The van der Waals surface area contributed by atoms with Crippen LogP contribution in [0, 0.1) is 13.8 Å². The molecule has 2 amide bonds. The lowest BCUT2D eigenvalue weighted by Crippen LogP contribution is -2.52. The van der Waals surface area contributed by atoms with Crippen LogP contribution in [-0.2, 0) is 9.59 Å². The SMILES string of the molecule is Cc1ccc(N2C(=O)CNCC2=O)c(C)c1. The summed E-state index contributed by atoms with van der Waals surface area (Å²) in [6, 6.07) is 5.70. The first-order valence-corrected chi connectivity index (χ1v) is 5.23. The van der Waals surface area contributed by atoms with E-state index in [0.717, 1.165) is 11.1 Å². The standard InChI is InChI=1S/C12H14N2O2/c1-8-3-4-10(9(2)5-8)14-11(15)6-13-7-12(14)16/h3-5,13H,6-7H2,1-2H3. The molecule has 1 saturated heterocycles. The van der Waals surface area contributed by atoms with E-state index < -0.39 is 0 Å².